The Hall–Kier alpha value is -1.48. The van der Waals surface area contributed by atoms with Gasteiger partial charge in [0.2, 0.25) is 0 Å². The molecule has 0 radical (unpaired) electrons. The molecule has 2 N–H and O–H groups in total. The van der Waals surface area contributed by atoms with Crippen molar-refractivity contribution in [2.24, 2.45) is 0 Å². The first-order chi connectivity index (χ1) is 9.26. The second-order valence-electron chi connectivity index (χ2n) is 6.11. The number of esters is 1. The van der Waals surface area contributed by atoms with Crippen LogP contribution >= 0.6 is 11.6 Å². The van der Waals surface area contributed by atoms with Gasteiger partial charge in [0, 0.05) is 5.92 Å². The fourth-order valence-corrected chi connectivity index (χ4v) is 2.25. The summed E-state index contributed by atoms with van der Waals surface area (Å²) in [5.74, 6) is -0.145. The first-order valence-electron chi connectivity index (χ1n) is 6.72. The van der Waals surface area contributed by atoms with Crippen molar-refractivity contribution in [2.75, 3.05) is 5.73 Å². The van der Waals surface area contributed by atoms with Crippen LogP contribution in [0.2, 0.25) is 5.02 Å². The molecule has 20 heavy (non-hydrogen) atoms. The number of ether oxygens (including phenoxy) is 1. The molecule has 3 nitrogen and oxygen atoms in total. The number of allylic oxidation sites excluding steroid dienone is 2. The molecule has 0 heterocycles. The lowest BCUT2D eigenvalue weighted by atomic mass is 9.92. The van der Waals surface area contributed by atoms with Crippen LogP contribution in [0.4, 0.5) is 5.69 Å². The normalized spacial score (nSPS) is 15.5. The van der Waals surface area contributed by atoms with Gasteiger partial charge < -0.3 is 10.5 Å². The molecule has 0 spiro atoms. The Bertz CT molecular complexity index is 558. The molecule has 1 aromatic rings. The van der Waals surface area contributed by atoms with Crippen LogP contribution in [0.15, 0.2) is 29.8 Å². The lowest BCUT2D eigenvalue weighted by Crippen LogP contribution is -2.24. The minimum absolute atomic E-state index is 0.0458. The van der Waals surface area contributed by atoms with E-state index in [0.29, 0.717) is 17.1 Å². The molecule has 0 amide bonds. The van der Waals surface area contributed by atoms with Gasteiger partial charge >= 0.3 is 5.97 Å². The zero-order valence-electron chi connectivity index (χ0n) is 12.1. The molecule has 1 aliphatic rings. The van der Waals surface area contributed by atoms with E-state index in [2.05, 4.69) is 6.08 Å². The third-order valence-corrected chi connectivity index (χ3v) is 3.44. The van der Waals surface area contributed by atoms with E-state index in [1.165, 1.54) is 5.57 Å². The maximum atomic E-state index is 12.0. The van der Waals surface area contributed by atoms with Gasteiger partial charge in [-0.05, 0) is 44.9 Å². The summed E-state index contributed by atoms with van der Waals surface area (Å²) < 4.78 is 5.40. The lowest BCUT2D eigenvalue weighted by Gasteiger charge is -2.22. The van der Waals surface area contributed by atoms with E-state index in [4.69, 9.17) is 22.1 Å². The van der Waals surface area contributed by atoms with Crippen LogP contribution in [0.3, 0.4) is 0 Å². The Labute approximate surface area is 124 Å². The lowest BCUT2D eigenvalue weighted by molar-refractivity contribution is -0.155. The third-order valence-electron chi connectivity index (χ3n) is 3.10. The summed E-state index contributed by atoms with van der Waals surface area (Å²) in [5, 5.41) is 0.537. The van der Waals surface area contributed by atoms with Crippen molar-refractivity contribution in [1.29, 1.82) is 0 Å². The van der Waals surface area contributed by atoms with Gasteiger partial charge in [-0.25, -0.2) is 0 Å². The summed E-state index contributed by atoms with van der Waals surface area (Å²) >= 11 is 5.94. The number of anilines is 1. The summed E-state index contributed by atoms with van der Waals surface area (Å²) in [4.78, 5) is 12.0. The molecule has 0 unspecified atom stereocenters. The number of hydrogen-bond acceptors (Lipinski definition) is 3. The number of benzene rings is 1. The van der Waals surface area contributed by atoms with Crippen molar-refractivity contribution < 1.29 is 9.53 Å². The maximum absolute atomic E-state index is 12.0. The van der Waals surface area contributed by atoms with Crippen LogP contribution in [-0.4, -0.2) is 11.6 Å². The smallest absolute Gasteiger partial charge is 0.307 e. The van der Waals surface area contributed by atoms with Gasteiger partial charge in [0.15, 0.2) is 0 Å². The topological polar surface area (TPSA) is 52.3 Å². The first-order valence-corrected chi connectivity index (χ1v) is 7.10. The summed E-state index contributed by atoms with van der Waals surface area (Å²) in [6.07, 6.45) is 3.42. The minimum Gasteiger partial charge on any atom is -0.460 e. The van der Waals surface area contributed by atoms with Crippen molar-refractivity contribution >= 4 is 23.3 Å². The fourth-order valence-electron chi connectivity index (χ4n) is 2.14. The molecular formula is C16H20ClNO2. The van der Waals surface area contributed by atoms with E-state index in [1.807, 2.05) is 32.9 Å². The summed E-state index contributed by atoms with van der Waals surface area (Å²) in [6.45, 7) is 5.61. The van der Waals surface area contributed by atoms with Crippen molar-refractivity contribution in [3.8, 4) is 0 Å². The van der Waals surface area contributed by atoms with Gasteiger partial charge in [0.05, 0.1) is 17.1 Å². The van der Waals surface area contributed by atoms with Crippen molar-refractivity contribution in [3.63, 3.8) is 0 Å². The highest BCUT2D eigenvalue weighted by Gasteiger charge is 2.27. The van der Waals surface area contributed by atoms with Gasteiger partial charge in [-0.3, -0.25) is 4.79 Å². The van der Waals surface area contributed by atoms with Crippen molar-refractivity contribution in [3.05, 3.63) is 40.4 Å². The highest BCUT2D eigenvalue weighted by atomic mass is 35.5. The number of rotatable bonds is 4. The first kappa shape index (κ1) is 14.9. The highest BCUT2D eigenvalue weighted by molar-refractivity contribution is 6.33. The molecule has 2 rings (SSSR count). The quantitative estimate of drug-likeness (QED) is 0.517. The molecule has 0 bridgehead atoms. The number of nitrogens with two attached hydrogens (primary N) is 1. The van der Waals surface area contributed by atoms with Gasteiger partial charge in [-0.2, -0.15) is 0 Å². The van der Waals surface area contributed by atoms with Crippen molar-refractivity contribution in [2.45, 2.75) is 45.1 Å². The van der Waals surface area contributed by atoms with Crippen molar-refractivity contribution in [1.82, 2.24) is 0 Å². The number of nitrogen functional groups attached to an aromatic ring is 1. The summed E-state index contributed by atoms with van der Waals surface area (Å²) in [6, 6.07) is 5.54. The van der Waals surface area contributed by atoms with Crippen LogP contribution in [0.25, 0.3) is 0 Å². The second kappa shape index (κ2) is 5.49. The fraction of sp³-hybridized carbons (Fsp3) is 0.438. The Kier molecular flexibility index (Phi) is 4.09. The molecule has 0 aromatic heterocycles. The molecular weight excluding hydrogens is 274 g/mol. The zero-order chi connectivity index (χ0) is 14.9. The summed E-state index contributed by atoms with van der Waals surface area (Å²) in [7, 11) is 0. The molecule has 0 fully saturated rings. The van der Waals surface area contributed by atoms with Gasteiger partial charge in [-0.1, -0.05) is 29.3 Å². The molecule has 0 saturated heterocycles. The van der Waals surface area contributed by atoms with Crippen LogP contribution in [0.1, 0.15) is 45.1 Å². The van der Waals surface area contributed by atoms with E-state index in [1.54, 1.807) is 6.07 Å². The molecule has 4 heteroatoms. The Morgan fingerprint density at radius 2 is 2.10 bits per heavy atom. The van der Waals surface area contributed by atoms with Crippen LogP contribution in [0, 0.1) is 0 Å². The molecule has 1 aromatic carbocycles. The average Bonchev–Trinajstić information content (AvgIpc) is 3.11. The number of carbonyl (C=O) groups excluding carboxylic acids is 1. The highest BCUT2D eigenvalue weighted by Crippen LogP contribution is 2.39. The SMILES string of the molecule is CC(C)(C)OC(=O)C[C@@H](C1=CC1)c1ccc(Cl)c(N)c1. The number of hydrogen-bond donors (Lipinski definition) is 1. The number of carbonyl (C=O) groups is 1. The molecule has 0 aliphatic heterocycles. The largest absolute Gasteiger partial charge is 0.460 e. The van der Waals surface area contributed by atoms with Crippen LogP contribution < -0.4 is 5.73 Å². The Morgan fingerprint density at radius 1 is 1.45 bits per heavy atom. The standard InChI is InChI=1S/C16H20ClNO2/c1-16(2,3)20-15(19)9-12(10-4-5-10)11-6-7-13(17)14(18)8-11/h4,6-8,12H,5,9,18H2,1-3H3/t12-/m0/s1. The molecule has 108 valence electrons. The van der Waals surface area contributed by atoms with Gasteiger partial charge in [0.1, 0.15) is 5.60 Å². The van der Waals surface area contributed by atoms with Crippen LogP contribution in [-0.2, 0) is 9.53 Å². The Balaban J connectivity index is 2.14. The van der Waals surface area contributed by atoms with E-state index < -0.39 is 5.60 Å². The summed E-state index contributed by atoms with van der Waals surface area (Å²) in [5.41, 5.74) is 8.20. The number of halogens is 1. The van der Waals surface area contributed by atoms with Gasteiger partial charge in [0.25, 0.3) is 0 Å². The second-order valence-corrected chi connectivity index (χ2v) is 6.51. The molecule has 0 saturated carbocycles. The Morgan fingerprint density at radius 3 is 2.60 bits per heavy atom. The van der Waals surface area contributed by atoms with E-state index in [-0.39, 0.29) is 11.9 Å². The zero-order valence-corrected chi connectivity index (χ0v) is 12.8. The predicted octanol–water partition coefficient (Wildman–Crippen LogP) is 4.07. The van der Waals surface area contributed by atoms with E-state index in [0.717, 1.165) is 12.0 Å². The van der Waals surface area contributed by atoms with E-state index >= 15 is 0 Å². The monoisotopic (exact) mass is 293 g/mol. The molecule has 1 aliphatic carbocycles. The average molecular weight is 294 g/mol. The molecule has 1 atom stereocenters. The maximum Gasteiger partial charge on any atom is 0.307 e. The van der Waals surface area contributed by atoms with E-state index in [9.17, 15) is 4.79 Å². The van der Waals surface area contributed by atoms with Gasteiger partial charge in [-0.15, -0.1) is 0 Å². The minimum atomic E-state index is -0.460. The van der Waals surface area contributed by atoms with Crippen LogP contribution in [0.5, 0.6) is 0 Å². The predicted molar refractivity (Wildman–Crippen MR) is 81.8 cm³/mol. The third kappa shape index (κ3) is 4.01.